The van der Waals surface area contributed by atoms with Crippen molar-refractivity contribution in [1.82, 2.24) is 15.1 Å². The molecule has 3 aromatic carbocycles. The van der Waals surface area contributed by atoms with Gasteiger partial charge in [-0.25, -0.2) is 4.68 Å². The molecule has 6 heteroatoms. The van der Waals surface area contributed by atoms with Gasteiger partial charge in [0.25, 0.3) is 5.91 Å². The topological polar surface area (TPSA) is 73.2 Å². The number of carbonyl (C=O) groups excluding carboxylic acids is 1. The number of para-hydroxylation sites is 2. The molecule has 0 fully saturated rings. The van der Waals surface area contributed by atoms with Gasteiger partial charge >= 0.3 is 0 Å². The fourth-order valence-corrected chi connectivity index (χ4v) is 3.24. The molecule has 160 valence electrons. The highest BCUT2D eigenvalue weighted by Gasteiger charge is 2.15. The van der Waals surface area contributed by atoms with E-state index in [9.17, 15) is 9.59 Å². The summed E-state index contributed by atoms with van der Waals surface area (Å²) in [7, 11) is 0. The Morgan fingerprint density at radius 1 is 0.906 bits per heavy atom. The van der Waals surface area contributed by atoms with Crippen LogP contribution in [0.15, 0.2) is 95.8 Å². The first kappa shape index (κ1) is 21.1. The number of rotatable bonds is 7. The van der Waals surface area contributed by atoms with E-state index < -0.39 is 11.3 Å². The van der Waals surface area contributed by atoms with Crippen LogP contribution < -0.4 is 15.5 Å². The molecule has 0 aliphatic rings. The average molecular weight is 425 g/mol. The molecule has 32 heavy (non-hydrogen) atoms. The Hall–Kier alpha value is -4.19. The minimum atomic E-state index is -0.504. The van der Waals surface area contributed by atoms with E-state index in [-0.39, 0.29) is 5.69 Å². The molecule has 0 radical (unpaired) electrons. The standard InChI is InChI=1S/C26H23N3O3/c1-19-16-24(30)25(28-29(19)22-8-4-2-5-9-22)26(31)27-17-20-12-14-21(15-13-20)18-32-23-10-6-3-7-11-23/h2-16H,17-18H2,1H3,(H,27,31). The molecule has 1 heterocycles. The maximum Gasteiger partial charge on any atom is 0.276 e. The van der Waals surface area contributed by atoms with E-state index in [4.69, 9.17) is 4.74 Å². The van der Waals surface area contributed by atoms with Crippen LogP contribution in [0.4, 0.5) is 0 Å². The van der Waals surface area contributed by atoms with Crippen molar-refractivity contribution >= 4 is 5.91 Å². The van der Waals surface area contributed by atoms with Crippen LogP contribution in [0.1, 0.15) is 27.3 Å². The number of aromatic nitrogens is 2. The lowest BCUT2D eigenvalue weighted by molar-refractivity contribution is 0.0943. The first-order valence-corrected chi connectivity index (χ1v) is 10.3. The zero-order valence-electron chi connectivity index (χ0n) is 17.7. The third-order valence-electron chi connectivity index (χ3n) is 4.95. The molecule has 0 saturated heterocycles. The summed E-state index contributed by atoms with van der Waals surface area (Å²) in [6.07, 6.45) is 0. The highest BCUT2D eigenvalue weighted by molar-refractivity contribution is 5.92. The highest BCUT2D eigenvalue weighted by atomic mass is 16.5. The number of nitrogens with zero attached hydrogens (tertiary/aromatic N) is 2. The lowest BCUT2D eigenvalue weighted by Crippen LogP contribution is -2.31. The summed E-state index contributed by atoms with van der Waals surface area (Å²) >= 11 is 0. The van der Waals surface area contributed by atoms with Crippen molar-refractivity contribution in [3.05, 3.63) is 124 Å². The molecule has 4 rings (SSSR count). The van der Waals surface area contributed by atoms with Gasteiger partial charge in [-0.15, -0.1) is 0 Å². The third kappa shape index (κ3) is 5.10. The summed E-state index contributed by atoms with van der Waals surface area (Å²) < 4.78 is 7.34. The Morgan fingerprint density at radius 2 is 1.53 bits per heavy atom. The van der Waals surface area contributed by atoms with E-state index in [0.29, 0.717) is 18.8 Å². The summed E-state index contributed by atoms with van der Waals surface area (Å²) in [6, 6.07) is 28.2. The van der Waals surface area contributed by atoms with E-state index in [1.807, 2.05) is 84.9 Å². The van der Waals surface area contributed by atoms with Gasteiger partial charge in [-0.3, -0.25) is 9.59 Å². The largest absolute Gasteiger partial charge is 0.489 e. The van der Waals surface area contributed by atoms with Gasteiger partial charge in [0.2, 0.25) is 5.43 Å². The van der Waals surface area contributed by atoms with Gasteiger partial charge in [-0.2, -0.15) is 5.10 Å². The predicted octanol–water partition coefficient (Wildman–Crippen LogP) is 4.05. The van der Waals surface area contributed by atoms with Gasteiger partial charge in [-0.05, 0) is 42.3 Å². The van der Waals surface area contributed by atoms with Crippen LogP contribution in [0.2, 0.25) is 0 Å². The molecule has 1 amide bonds. The van der Waals surface area contributed by atoms with E-state index in [0.717, 1.165) is 22.6 Å². The van der Waals surface area contributed by atoms with Crippen molar-refractivity contribution in [3.63, 3.8) is 0 Å². The van der Waals surface area contributed by atoms with Crippen molar-refractivity contribution in [2.24, 2.45) is 0 Å². The number of nitrogens with one attached hydrogen (secondary N) is 1. The number of amides is 1. The summed E-state index contributed by atoms with van der Waals surface area (Å²) in [5.74, 6) is 0.312. The molecule has 6 nitrogen and oxygen atoms in total. The van der Waals surface area contributed by atoms with Crippen molar-refractivity contribution in [2.75, 3.05) is 0 Å². The number of hydrogen-bond acceptors (Lipinski definition) is 4. The Morgan fingerprint density at radius 3 is 2.22 bits per heavy atom. The van der Waals surface area contributed by atoms with E-state index in [1.54, 1.807) is 11.6 Å². The Labute approximate surface area is 186 Å². The second-order valence-corrected chi connectivity index (χ2v) is 7.35. The number of carbonyl (C=O) groups is 1. The zero-order valence-corrected chi connectivity index (χ0v) is 17.7. The Balaban J connectivity index is 1.40. The summed E-state index contributed by atoms with van der Waals surface area (Å²) in [6.45, 7) is 2.54. The van der Waals surface area contributed by atoms with Crippen LogP contribution in [-0.2, 0) is 13.2 Å². The lowest BCUT2D eigenvalue weighted by atomic mass is 10.1. The van der Waals surface area contributed by atoms with Crippen LogP contribution in [0.5, 0.6) is 5.75 Å². The van der Waals surface area contributed by atoms with Gasteiger partial charge in [0.1, 0.15) is 12.4 Å². The van der Waals surface area contributed by atoms with Gasteiger partial charge in [0, 0.05) is 18.3 Å². The maximum atomic E-state index is 12.7. The van der Waals surface area contributed by atoms with Gasteiger partial charge < -0.3 is 10.1 Å². The number of aryl methyl sites for hydroxylation is 1. The van der Waals surface area contributed by atoms with Crippen molar-refractivity contribution in [3.8, 4) is 11.4 Å². The SMILES string of the molecule is Cc1cc(=O)c(C(=O)NCc2ccc(COc3ccccc3)cc2)nn1-c1ccccc1. The molecule has 1 aromatic heterocycles. The van der Waals surface area contributed by atoms with Crippen LogP contribution >= 0.6 is 0 Å². The molecule has 0 bridgehead atoms. The molecule has 0 unspecified atom stereocenters. The summed E-state index contributed by atoms with van der Waals surface area (Å²) in [5, 5.41) is 7.08. The van der Waals surface area contributed by atoms with Gasteiger partial charge in [0.15, 0.2) is 5.69 Å². The quantitative estimate of drug-likeness (QED) is 0.485. The molecule has 4 aromatic rings. The predicted molar refractivity (Wildman–Crippen MR) is 123 cm³/mol. The molecule has 0 aliphatic carbocycles. The van der Waals surface area contributed by atoms with Crippen molar-refractivity contribution in [1.29, 1.82) is 0 Å². The second kappa shape index (κ2) is 9.75. The lowest BCUT2D eigenvalue weighted by Gasteiger charge is -2.11. The highest BCUT2D eigenvalue weighted by Crippen LogP contribution is 2.12. The monoisotopic (exact) mass is 425 g/mol. The van der Waals surface area contributed by atoms with Crippen molar-refractivity contribution in [2.45, 2.75) is 20.1 Å². The van der Waals surface area contributed by atoms with Crippen LogP contribution in [0.25, 0.3) is 5.69 Å². The fourth-order valence-electron chi connectivity index (χ4n) is 3.24. The zero-order chi connectivity index (χ0) is 22.3. The Kier molecular flexibility index (Phi) is 6.41. The first-order valence-electron chi connectivity index (χ1n) is 10.3. The first-order chi connectivity index (χ1) is 15.6. The third-order valence-corrected chi connectivity index (χ3v) is 4.95. The molecule has 1 N–H and O–H groups in total. The van der Waals surface area contributed by atoms with Crippen molar-refractivity contribution < 1.29 is 9.53 Å². The minimum absolute atomic E-state index is 0.132. The average Bonchev–Trinajstić information content (AvgIpc) is 2.83. The number of ether oxygens (including phenoxy) is 1. The van der Waals surface area contributed by atoms with Crippen LogP contribution in [-0.4, -0.2) is 15.7 Å². The molecular weight excluding hydrogens is 402 g/mol. The number of benzene rings is 3. The minimum Gasteiger partial charge on any atom is -0.489 e. The normalized spacial score (nSPS) is 10.5. The molecule has 0 spiro atoms. The number of hydrogen-bond donors (Lipinski definition) is 1. The van der Waals surface area contributed by atoms with E-state index in [2.05, 4.69) is 10.4 Å². The molecular formula is C26H23N3O3. The fraction of sp³-hybridized carbons (Fsp3) is 0.115. The summed E-state index contributed by atoms with van der Waals surface area (Å²) in [5.41, 5.74) is 2.85. The van der Waals surface area contributed by atoms with Crippen LogP contribution in [0, 0.1) is 6.92 Å². The van der Waals surface area contributed by atoms with E-state index >= 15 is 0 Å². The van der Waals surface area contributed by atoms with Gasteiger partial charge in [0.05, 0.1) is 5.69 Å². The second-order valence-electron chi connectivity index (χ2n) is 7.35. The smallest absolute Gasteiger partial charge is 0.276 e. The molecule has 0 atom stereocenters. The Bertz CT molecular complexity index is 1250. The molecule has 0 aliphatic heterocycles. The summed E-state index contributed by atoms with van der Waals surface area (Å²) in [4.78, 5) is 25.0. The van der Waals surface area contributed by atoms with Gasteiger partial charge in [-0.1, -0.05) is 60.7 Å². The molecule has 0 saturated carbocycles. The van der Waals surface area contributed by atoms with E-state index in [1.165, 1.54) is 6.07 Å². The maximum absolute atomic E-state index is 12.7. The van der Waals surface area contributed by atoms with Crippen LogP contribution in [0.3, 0.4) is 0 Å².